The maximum Gasteiger partial charge on any atom is 0.304 e. The van der Waals surface area contributed by atoms with E-state index in [4.69, 9.17) is 5.11 Å². The zero-order valence-electron chi connectivity index (χ0n) is 13.5. The van der Waals surface area contributed by atoms with Crippen LogP contribution in [0.1, 0.15) is 56.6 Å². The lowest BCUT2D eigenvalue weighted by molar-refractivity contribution is -0.137. The number of rotatable bonds is 11. The van der Waals surface area contributed by atoms with Crippen LogP contribution in [0.4, 0.5) is 0 Å². The van der Waals surface area contributed by atoms with Crippen molar-refractivity contribution in [3.8, 4) is 0 Å². The molecule has 0 heterocycles. The van der Waals surface area contributed by atoms with Gasteiger partial charge in [0, 0.05) is 13.1 Å². The molecule has 0 aliphatic heterocycles. The summed E-state index contributed by atoms with van der Waals surface area (Å²) in [5.41, 5.74) is 2.52. The van der Waals surface area contributed by atoms with E-state index in [9.17, 15) is 4.79 Å². The maximum atomic E-state index is 10.8. The van der Waals surface area contributed by atoms with Gasteiger partial charge in [-0.3, -0.25) is 9.69 Å². The van der Waals surface area contributed by atoms with Gasteiger partial charge in [0.1, 0.15) is 0 Å². The largest absolute Gasteiger partial charge is 0.481 e. The highest BCUT2D eigenvalue weighted by atomic mass is 16.4. The average molecular weight is 291 g/mol. The van der Waals surface area contributed by atoms with Crippen molar-refractivity contribution in [3.05, 3.63) is 35.4 Å². The Labute approximate surface area is 129 Å². The molecule has 3 heteroatoms. The van der Waals surface area contributed by atoms with Crippen molar-refractivity contribution in [3.63, 3.8) is 0 Å². The minimum absolute atomic E-state index is 0.223. The Balaban J connectivity index is 2.43. The van der Waals surface area contributed by atoms with E-state index in [0.29, 0.717) is 6.54 Å². The predicted octanol–water partition coefficient (Wildman–Crippen LogP) is 4.24. The monoisotopic (exact) mass is 291 g/mol. The first-order valence-corrected chi connectivity index (χ1v) is 8.11. The van der Waals surface area contributed by atoms with Gasteiger partial charge < -0.3 is 5.11 Å². The summed E-state index contributed by atoms with van der Waals surface area (Å²) in [4.78, 5) is 13.1. The lowest BCUT2D eigenvalue weighted by Crippen LogP contribution is -2.27. The zero-order valence-corrected chi connectivity index (χ0v) is 13.5. The summed E-state index contributed by atoms with van der Waals surface area (Å²) in [6.45, 7) is 6.78. The van der Waals surface area contributed by atoms with Gasteiger partial charge in [0.2, 0.25) is 0 Å². The van der Waals surface area contributed by atoms with Gasteiger partial charge in [-0.1, -0.05) is 62.4 Å². The van der Waals surface area contributed by atoms with Crippen LogP contribution >= 0.6 is 0 Å². The topological polar surface area (TPSA) is 40.5 Å². The molecule has 1 aromatic carbocycles. The molecule has 1 N–H and O–H groups in total. The van der Waals surface area contributed by atoms with Crippen molar-refractivity contribution >= 4 is 5.97 Å². The van der Waals surface area contributed by atoms with E-state index in [0.717, 1.165) is 19.5 Å². The Bertz CT molecular complexity index is 400. The van der Waals surface area contributed by atoms with Crippen LogP contribution in [0.15, 0.2) is 24.3 Å². The number of aryl methyl sites for hydroxylation is 1. The van der Waals surface area contributed by atoms with E-state index in [2.05, 4.69) is 43.0 Å². The molecule has 0 fully saturated rings. The van der Waals surface area contributed by atoms with Crippen LogP contribution in [0, 0.1) is 6.92 Å². The molecule has 0 atom stereocenters. The second kappa shape index (κ2) is 10.4. The molecule has 0 aromatic heterocycles. The SMILES string of the molecule is CCCCCCCN(CCC(=O)O)Cc1ccc(C)cc1. The smallest absolute Gasteiger partial charge is 0.304 e. The maximum absolute atomic E-state index is 10.8. The predicted molar refractivity (Wildman–Crippen MR) is 87.5 cm³/mol. The van der Waals surface area contributed by atoms with E-state index >= 15 is 0 Å². The van der Waals surface area contributed by atoms with Crippen LogP contribution in [0.5, 0.6) is 0 Å². The van der Waals surface area contributed by atoms with E-state index in [1.165, 1.54) is 36.8 Å². The molecule has 0 saturated heterocycles. The van der Waals surface area contributed by atoms with Crippen LogP contribution in [-0.2, 0) is 11.3 Å². The minimum Gasteiger partial charge on any atom is -0.481 e. The molecular weight excluding hydrogens is 262 g/mol. The van der Waals surface area contributed by atoms with Crippen LogP contribution in [0.25, 0.3) is 0 Å². The van der Waals surface area contributed by atoms with Gasteiger partial charge in [-0.25, -0.2) is 0 Å². The average Bonchev–Trinajstić information content (AvgIpc) is 2.46. The second-order valence-corrected chi connectivity index (χ2v) is 5.82. The summed E-state index contributed by atoms with van der Waals surface area (Å²) in [6.07, 6.45) is 6.46. The highest BCUT2D eigenvalue weighted by molar-refractivity contribution is 5.66. The van der Waals surface area contributed by atoms with Gasteiger partial charge in [-0.15, -0.1) is 0 Å². The number of hydrogen-bond acceptors (Lipinski definition) is 2. The number of benzene rings is 1. The third-order valence-corrected chi connectivity index (χ3v) is 3.75. The van der Waals surface area contributed by atoms with E-state index < -0.39 is 5.97 Å². The fourth-order valence-corrected chi connectivity index (χ4v) is 2.41. The second-order valence-electron chi connectivity index (χ2n) is 5.82. The van der Waals surface area contributed by atoms with Crippen molar-refractivity contribution in [2.45, 2.75) is 58.9 Å². The number of carbonyl (C=O) groups is 1. The molecule has 0 unspecified atom stereocenters. The van der Waals surface area contributed by atoms with Crippen molar-refractivity contribution in [1.82, 2.24) is 4.90 Å². The highest BCUT2D eigenvalue weighted by Crippen LogP contribution is 2.10. The van der Waals surface area contributed by atoms with Crippen molar-refractivity contribution in [1.29, 1.82) is 0 Å². The molecule has 1 rings (SSSR count). The van der Waals surface area contributed by atoms with Crippen LogP contribution in [-0.4, -0.2) is 29.1 Å². The highest BCUT2D eigenvalue weighted by Gasteiger charge is 2.08. The summed E-state index contributed by atoms with van der Waals surface area (Å²) in [5, 5.41) is 8.88. The lowest BCUT2D eigenvalue weighted by Gasteiger charge is -2.21. The first-order chi connectivity index (χ1) is 10.1. The Hall–Kier alpha value is -1.35. The van der Waals surface area contributed by atoms with Crippen LogP contribution in [0.3, 0.4) is 0 Å². The molecule has 3 nitrogen and oxygen atoms in total. The number of unbranched alkanes of at least 4 members (excludes halogenated alkanes) is 4. The Morgan fingerprint density at radius 2 is 1.71 bits per heavy atom. The third-order valence-electron chi connectivity index (χ3n) is 3.75. The molecule has 0 radical (unpaired) electrons. The van der Waals surface area contributed by atoms with Gasteiger partial charge in [-0.2, -0.15) is 0 Å². The molecule has 0 amide bonds. The molecule has 0 spiro atoms. The number of carboxylic acid groups (broad SMARTS) is 1. The Kier molecular flexibility index (Phi) is 8.76. The van der Waals surface area contributed by atoms with Gasteiger partial charge in [0.25, 0.3) is 0 Å². The normalized spacial score (nSPS) is 11.0. The summed E-state index contributed by atoms with van der Waals surface area (Å²) in [6, 6.07) is 8.51. The van der Waals surface area contributed by atoms with Gasteiger partial charge in [-0.05, 0) is 25.5 Å². The van der Waals surface area contributed by atoms with Crippen LogP contribution < -0.4 is 0 Å². The fourth-order valence-electron chi connectivity index (χ4n) is 2.41. The molecule has 0 saturated carbocycles. The minimum atomic E-state index is -0.713. The molecule has 0 bridgehead atoms. The van der Waals surface area contributed by atoms with E-state index in [-0.39, 0.29) is 6.42 Å². The number of aliphatic carboxylic acids is 1. The quantitative estimate of drug-likeness (QED) is 0.620. The van der Waals surface area contributed by atoms with Gasteiger partial charge >= 0.3 is 5.97 Å². The van der Waals surface area contributed by atoms with Crippen molar-refractivity contribution in [2.75, 3.05) is 13.1 Å². The summed E-state index contributed by atoms with van der Waals surface area (Å²) in [5.74, 6) is -0.713. The fraction of sp³-hybridized carbons (Fsp3) is 0.611. The Morgan fingerprint density at radius 1 is 1.05 bits per heavy atom. The molecule has 118 valence electrons. The molecule has 0 aliphatic rings. The first-order valence-electron chi connectivity index (χ1n) is 8.11. The molecular formula is C18H29NO2. The summed E-state index contributed by atoms with van der Waals surface area (Å²) >= 11 is 0. The summed E-state index contributed by atoms with van der Waals surface area (Å²) < 4.78 is 0. The lowest BCUT2D eigenvalue weighted by atomic mass is 10.1. The standard InChI is InChI=1S/C18H29NO2/c1-3-4-5-6-7-13-19(14-12-18(20)21)15-17-10-8-16(2)9-11-17/h8-11H,3-7,12-15H2,1-2H3,(H,20,21). The van der Waals surface area contributed by atoms with Gasteiger partial charge in [0.15, 0.2) is 0 Å². The molecule has 21 heavy (non-hydrogen) atoms. The number of nitrogens with zero attached hydrogens (tertiary/aromatic N) is 1. The molecule has 0 aliphatic carbocycles. The molecule has 1 aromatic rings. The van der Waals surface area contributed by atoms with Crippen molar-refractivity contribution < 1.29 is 9.90 Å². The zero-order chi connectivity index (χ0) is 15.5. The third kappa shape index (κ3) is 8.51. The first kappa shape index (κ1) is 17.7. The van der Waals surface area contributed by atoms with E-state index in [1.54, 1.807) is 0 Å². The Morgan fingerprint density at radius 3 is 2.33 bits per heavy atom. The van der Waals surface area contributed by atoms with E-state index in [1.807, 2.05) is 0 Å². The van der Waals surface area contributed by atoms with Gasteiger partial charge in [0.05, 0.1) is 6.42 Å². The number of hydrogen-bond donors (Lipinski definition) is 1. The van der Waals surface area contributed by atoms with Crippen molar-refractivity contribution in [2.24, 2.45) is 0 Å². The summed E-state index contributed by atoms with van der Waals surface area (Å²) in [7, 11) is 0. The van der Waals surface area contributed by atoms with Crippen LogP contribution in [0.2, 0.25) is 0 Å². The number of carboxylic acids is 1.